The molecule has 5 aromatic rings. The molecule has 0 amide bonds. The van der Waals surface area contributed by atoms with Gasteiger partial charge in [-0.05, 0) is 73.9 Å². The maximum atomic E-state index is 9.49. The summed E-state index contributed by atoms with van der Waals surface area (Å²) in [5, 5.41) is 23.7. The smallest absolute Gasteiger partial charge is 0.0995 e. The van der Waals surface area contributed by atoms with E-state index in [4.69, 9.17) is 0 Å². The summed E-state index contributed by atoms with van der Waals surface area (Å²) in [7, 11) is 0. The predicted octanol–water partition coefficient (Wildman–Crippen LogP) is 5.51. The summed E-state index contributed by atoms with van der Waals surface area (Å²) < 4.78 is 2.22. The third-order valence-electron chi connectivity index (χ3n) is 5.47. The van der Waals surface area contributed by atoms with Crippen LogP contribution in [-0.2, 0) is 0 Å². The van der Waals surface area contributed by atoms with Gasteiger partial charge in [0, 0.05) is 21.5 Å². The Bertz CT molecular complexity index is 1360. The molecule has 5 rings (SSSR count). The molecule has 0 spiro atoms. The molecular weight excluding hydrogens is 318 g/mol. The average molecular weight is 333 g/mol. The van der Waals surface area contributed by atoms with Crippen molar-refractivity contribution in [3.63, 3.8) is 0 Å². The minimum atomic E-state index is 0.691. The Morgan fingerprint density at radius 1 is 0.654 bits per heavy atom. The zero-order valence-corrected chi connectivity index (χ0v) is 14.8. The fourth-order valence-electron chi connectivity index (χ4n) is 4.24. The first-order chi connectivity index (χ1) is 12.5. The molecule has 0 N–H and O–H groups in total. The second-order valence-electron chi connectivity index (χ2n) is 7.14. The molecule has 3 aromatic carbocycles. The highest BCUT2D eigenvalue weighted by Gasteiger charge is 2.19. The Morgan fingerprint density at radius 2 is 1.12 bits per heavy atom. The standard InChI is InChI=1S/C23H15N3/c1-12-4-19-17-6-13(2)15(10-24)8-21(17)26-22-9-16(11-25)14(3)7-18(22)20(5-12)23(19)26/h4-9H,1-3H3. The highest BCUT2D eigenvalue weighted by Crippen LogP contribution is 2.41. The summed E-state index contributed by atoms with van der Waals surface area (Å²) in [4.78, 5) is 0. The molecule has 0 atom stereocenters. The largest absolute Gasteiger partial charge is 0.308 e. The average Bonchev–Trinajstić information content (AvgIpc) is 3.09. The molecule has 3 heteroatoms. The summed E-state index contributed by atoms with van der Waals surface area (Å²) in [5.74, 6) is 0. The van der Waals surface area contributed by atoms with Crippen LogP contribution in [0.5, 0.6) is 0 Å². The number of aromatic nitrogens is 1. The van der Waals surface area contributed by atoms with E-state index >= 15 is 0 Å². The fraction of sp³-hybridized carbons (Fsp3) is 0.130. The van der Waals surface area contributed by atoms with Crippen molar-refractivity contribution in [2.75, 3.05) is 0 Å². The number of rotatable bonds is 0. The Morgan fingerprint density at radius 3 is 1.54 bits per heavy atom. The van der Waals surface area contributed by atoms with Gasteiger partial charge in [-0.1, -0.05) is 0 Å². The molecule has 0 saturated carbocycles. The molecule has 2 heterocycles. The molecule has 0 aliphatic carbocycles. The molecule has 0 aliphatic heterocycles. The normalized spacial score (nSPS) is 11.6. The highest BCUT2D eigenvalue weighted by molar-refractivity contribution is 6.23. The van der Waals surface area contributed by atoms with Gasteiger partial charge >= 0.3 is 0 Å². The Hall–Kier alpha value is -3.56. The topological polar surface area (TPSA) is 52.0 Å². The van der Waals surface area contributed by atoms with Crippen molar-refractivity contribution in [2.24, 2.45) is 0 Å². The van der Waals surface area contributed by atoms with Crippen molar-refractivity contribution in [1.82, 2.24) is 4.40 Å². The minimum Gasteiger partial charge on any atom is -0.308 e. The lowest BCUT2D eigenvalue weighted by molar-refractivity contribution is 1.33. The molecule has 3 nitrogen and oxygen atoms in total. The van der Waals surface area contributed by atoms with Crippen molar-refractivity contribution < 1.29 is 0 Å². The zero-order chi connectivity index (χ0) is 18.2. The third kappa shape index (κ3) is 1.65. The fourth-order valence-corrected chi connectivity index (χ4v) is 4.24. The van der Waals surface area contributed by atoms with Crippen LogP contribution in [0, 0.1) is 43.4 Å². The highest BCUT2D eigenvalue weighted by atomic mass is 14.9. The van der Waals surface area contributed by atoms with Gasteiger partial charge in [-0.25, -0.2) is 0 Å². The van der Waals surface area contributed by atoms with Gasteiger partial charge in [0.2, 0.25) is 0 Å². The van der Waals surface area contributed by atoms with E-state index in [1.807, 2.05) is 26.0 Å². The van der Waals surface area contributed by atoms with Crippen LogP contribution in [0.25, 0.3) is 38.1 Å². The van der Waals surface area contributed by atoms with E-state index in [0.717, 1.165) is 32.9 Å². The summed E-state index contributed by atoms with van der Waals surface area (Å²) in [6.07, 6.45) is 0. The van der Waals surface area contributed by atoms with Crippen molar-refractivity contribution >= 4 is 38.1 Å². The van der Waals surface area contributed by atoms with Gasteiger partial charge in [-0.2, -0.15) is 10.5 Å². The van der Waals surface area contributed by atoms with E-state index in [2.05, 4.69) is 47.7 Å². The van der Waals surface area contributed by atoms with Crippen LogP contribution in [0.1, 0.15) is 27.8 Å². The number of nitriles is 2. The lowest BCUT2D eigenvalue weighted by Gasteiger charge is -2.03. The number of aryl methyl sites for hydroxylation is 3. The lowest BCUT2D eigenvalue weighted by Crippen LogP contribution is -1.87. The van der Waals surface area contributed by atoms with Crippen LogP contribution < -0.4 is 0 Å². The van der Waals surface area contributed by atoms with Crippen molar-refractivity contribution in [3.8, 4) is 12.1 Å². The monoisotopic (exact) mass is 333 g/mol. The van der Waals surface area contributed by atoms with Crippen LogP contribution in [0.3, 0.4) is 0 Å². The summed E-state index contributed by atoms with van der Waals surface area (Å²) in [6.45, 7) is 6.08. The molecule has 0 unspecified atom stereocenters. The molecule has 0 saturated heterocycles. The van der Waals surface area contributed by atoms with Gasteiger partial charge in [0.15, 0.2) is 0 Å². The van der Waals surface area contributed by atoms with Gasteiger partial charge in [0.25, 0.3) is 0 Å². The minimum absolute atomic E-state index is 0.691. The van der Waals surface area contributed by atoms with Crippen LogP contribution in [0.4, 0.5) is 0 Å². The molecule has 0 bridgehead atoms. The number of hydrogen-bond donors (Lipinski definition) is 0. The molecule has 0 radical (unpaired) electrons. The van der Waals surface area contributed by atoms with Gasteiger partial charge < -0.3 is 4.40 Å². The molecule has 26 heavy (non-hydrogen) atoms. The van der Waals surface area contributed by atoms with Crippen LogP contribution in [0.15, 0.2) is 36.4 Å². The number of hydrogen-bond acceptors (Lipinski definition) is 2. The van der Waals surface area contributed by atoms with Gasteiger partial charge in [0.1, 0.15) is 0 Å². The van der Waals surface area contributed by atoms with E-state index in [9.17, 15) is 10.5 Å². The van der Waals surface area contributed by atoms with Gasteiger partial charge in [0.05, 0.1) is 39.8 Å². The maximum Gasteiger partial charge on any atom is 0.0995 e. The molecule has 2 aromatic heterocycles. The van der Waals surface area contributed by atoms with Crippen molar-refractivity contribution in [1.29, 1.82) is 10.5 Å². The van der Waals surface area contributed by atoms with E-state index in [0.29, 0.717) is 11.1 Å². The number of fused-ring (bicyclic) bond motifs is 6. The quantitative estimate of drug-likeness (QED) is 0.375. The molecule has 122 valence electrons. The van der Waals surface area contributed by atoms with Crippen LogP contribution in [0.2, 0.25) is 0 Å². The first-order valence-electron chi connectivity index (χ1n) is 8.58. The predicted molar refractivity (Wildman–Crippen MR) is 105 cm³/mol. The number of nitrogens with zero attached hydrogens (tertiary/aromatic N) is 3. The first-order valence-corrected chi connectivity index (χ1v) is 8.58. The maximum absolute atomic E-state index is 9.49. The van der Waals surface area contributed by atoms with E-state index in [-0.39, 0.29) is 0 Å². The SMILES string of the molecule is Cc1cc2c3cc(C)c(C#N)cc3n3c4cc(C#N)c(C)cc4c(c1)c23. The van der Waals surface area contributed by atoms with Crippen molar-refractivity contribution in [3.05, 3.63) is 64.2 Å². The van der Waals surface area contributed by atoms with E-state index in [1.165, 1.54) is 21.9 Å². The Labute approximate surface area is 150 Å². The summed E-state index contributed by atoms with van der Waals surface area (Å²) in [6, 6.07) is 17.2. The van der Waals surface area contributed by atoms with E-state index in [1.54, 1.807) is 0 Å². The first kappa shape index (κ1) is 14.8. The molecular formula is C23H15N3. The van der Waals surface area contributed by atoms with Gasteiger partial charge in [-0.3, -0.25) is 0 Å². The summed E-state index contributed by atoms with van der Waals surface area (Å²) >= 11 is 0. The molecule has 0 fully saturated rings. The Kier molecular flexibility index (Phi) is 2.69. The van der Waals surface area contributed by atoms with Gasteiger partial charge in [-0.15, -0.1) is 0 Å². The second kappa shape index (κ2) is 4.75. The van der Waals surface area contributed by atoms with Crippen LogP contribution in [-0.4, -0.2) is 4.40 Å². The van der Waals surface area contributed by atoms with Crippen LogP contribution >= 0.6 is 0 Å². The third-order valence-corrected chi connectivity index (χ3v) is 5.47. The Balaban J connectivity index is 2.18. The number of benzene rings is 3. The lowest BCUT2D eigenvalue weighted by atomic mass is 10.0. The summed E-state index contributed by atoms with van der Waals surface area (Å²) in [5.41, 5.74) is 7.80. The van der Waals surface area contributed by atoms with Crippen molar-refractivity contribution in [2.45, 2.75) is 20.8 Å². The van der Waals surface area contributed by atoms with E-state index < -0.39 is 0 Å². The molecule has 0 aliphatic rings. The second-order valence-corrected chi connectivity index (χ2v) is 7.14. The zero-order valence-electron chi connectivity index (χ0n) is 14.8.